The highest BCUT2D eigenvalue weighted by molar-refractivity contribution is 7.92. The fraction of sp³-hybridized carbons (Fsp3) is 0.0769. The van der Waals surface area contributed by atoms with Crippen LogP contribution in [0.25, 0.3) is 0 Å². The van der Waals surface area contributed by atoms with Gasteiger partial charge in [-0.15, -0.1) is 0 Å². The van der Waals surface area contributed by atoms with Crippen LogP contribution >= 0.6 is 23.2 Å². The van der Waals surface area contributed by atoms with E-state index in [-0.39, 0.29) is 26.3 Å². The summed E-state index contributed by atoms with van der Waals surface area (Å²) in [5, 5.41) is 0.307. The normalized spacial score (nSPS) is 11.4. The first kappa shape index (κ1) is 15.9. The zero-order chi connectivity index (χ0) is 15.8. The summed E-state index contributed by atoms with van der Waals surface area (Å²) in [6.45, 7) is 1.67. The Morgan fingerprint density at radius 3 is 2.38 bits per heavy atom. The molecule has 2 aromatic rings. The quantitative estimate of drug-likeness (QED) is 0.828. The molecule has 0 heterocycles. The maximum atomic E-state index is 13.2. The number of nitrogens with two attached hydrogens (primary N) is 1. The number of sulfonamides is 1. The van der Waals surface area contributed by atoms with Crippen molar-refractivity contribution in [3.8, 4) is 0 Å². The van der Waals surface area contributed by atoms with Crippen molar-refractivity contribution in [2.24, 2.45) is 0 Å². The van der Waals surface area contributed by atoms with Gasteiger partial charge in [-0.05, 0) is 42.8 Å². The lowest BCUT2D eigenvalue weighted by atomic mass is 10.2. The third kappa shape index (κ3) is 3.58. The largest absolute Gasteiger partial charge is 0.398 e. The van der Waals surface area contributed by atoms with Crippen LogP contribution in [0.15, 0.2) is 35.2 Å². The van der Waals surface area contributed by atoms with E-state index in [4.69, 9.17) is 28.9 Å². The van der Waals surface area contributed by atoms with Crippen LogP contribution < -0.4 is 10.5 Å². The number of benzene rings is 2. The van der Waals surface area contributed by atoms with Crippen molar-refractivity contribution < 1.29 is 12.8 Å². The van der Waals surface area contributed by atoms with Gasteiger partial charge in [-0.2, -0.15) is 0 Å². The molecular weight excluding hydrogens is 338 g/mol. The highest BCUT2D eigenvalue weighted by Gasteiger charge is 2.17. The molecular formula is C13H11Cl2FN2O2S. The van der Waals surface area contributed by atoms with Crippen molar-refractivity contribution in [2.75, 3.05) is 10.5 Å². The van der Waals surface area contributed by atoms with Crippen LogP contribution in [0.3, 0.4) is 0 Å². The second-order valence-corrected chi connectivity index (χ2v) is 6.91. The molecule has 0 saturated heterocycles. The van der Waals surface area contributed by atoms with E-state index in [9.17, 15) is 12.8 Å². The van der Waals surface area contributed by atoms with Crippen molar-refractivity contribution in [1.29, 1.82) is 0 Å². The Hall–Kier alpha value is -1.50. The van der Waals surface area contributed by atoms with E-state index in [1.807, 2.05) is 0 Å². The van der Waals surface area contributed by atoms with Gasteiger partial charge >= 0.3 is 0 Å². The molecule has 0 saturated carbocycles. The highest BCUT2D eigenvalue weighted by atomic mass is 35.5. The number of halogens is 3. The molecule has 2 aromatic carbocycles. The van der Waals surface area contributed by atoms with Gasteiger partial charge in [0, 0.05) is 15.7 Å². The Bertz CT molecular complexity index is 767. The molecule has 0 amide bonds. The van der Waals surface area contributed by atoms with Gasteiger partial charge in [-0.25, -0.2) is 12.8 Å². The van der Waals surface area contributed by atoms with Crippen molar-refractivity contribution in [1.82, 2.24) is 0 Å². The van der Waals surface area contributed by atoms with E-state index in [0.29, 0.717) is 5.56 Å². The smallest absolute Gasteiger partial charge is 0.262 e. The van der Waals surface area contributed by atoms with E-state index in [1.165, 1.54) is 18.2 Å². The van der Waals surface area contributed by atoms with Crippen molar-refractivity contribution in [3.63, 3.8) is 0 Å². The average Bonchev–Trinajstić information content (AvgIpc) is 2.33. The van der Waals surface area contributed by atoms with E-state index >= 15 is 0 Å². The van der Waals surface area contributed by atoms with E-state index in [0.717, 1.165) is 12.1 Å². The SMILES string of the molecule is Cc1c(N)cc(S(=O)(=O)Nc2cc(F)cc(Cl)c2)cc1Cl. The Morgan fingerprint density at radius 2 is 1.81 bits per heavy atom. The summed E-state index contributed by atoms with van der Waals surface area (Å²) < 4.78 is 39.9. The van der Waals surface area contributed by atoms with E-state index < -0.39 is 15.8 Å². The van der Waals surface area contributed by atoms with Crippen LogP contribution in [0, 0.1) is 12.7 Å². The lowest BCUT2D eigenvalue weighted by Gasteiger charge is -2.11. The minimum Gasteiger partial charge on any atom is -0.398 e. The molecule has 0 aliphatic heterocycles. The summed E-state index contributed by atoms with van der Waals surface area (Å²) in [6.07, 6.45) is 0. The Kier molecular flexibility index (Phi) is 4.32. The molecule has 0 fully saturated rings. The molecule has 0 aliphatic rings. The molecule has 0 unspecified atom stereocenters. The summed E-state index contributed by atoms with van der Waals surface area (Å²) >= 11 is 11.6. The Morgan fingerprint density at radius 1 is 1.14 bits per heavy atom. The van der Waals surface area contributed by atoms with Gasteiger partial charge in [-0.1, -0.05) is 23.2 Å². The summed E-state index contributed by atoms with van der Waals surface area (Å²) in [5.41, 5.74) is 6.55. The molecule has 8 heteroatoms. The monoisotopic (exact) mass is 348 g/mol. The summed E-state index contributed by atoms with van der Waals surface area (Å²) in [7, 11) is -3.95. The fourth-order valence-corrected chi connectivity index (χ4v) is 3.27. The average molecular weight is 349 g/mol. The molecule has 2 rings (SSSR count). The number of hydrogen-bond acceptors (Lipinski definition) is 3. The molecule has 0 spiro atoms. The third-order valence-corrected chi connectivity index (χ3v) is 4.75. The number of nitrogens with one attached hydrogen (secondary N) is 1. The van der Waals surface area contributed by atoms with Crippen LogP contribution in [0.4, 0.5) is 15.8 Å². The second kappa shape index (κ2) is 5.71. The lowest BCUT2D eigenvalue weighted by molar-refractivity contribution is 0.601. The topological polar surface area (TPSA) is 72.2 Å². The molecule has 0 aliphatic carbocycles. The highest BCUT2D eigenvalue weighted by Crippen LogP contribution is 2.28. The van der Waals surface area contributed by atoms with Gasteiger partial charge < -0.3 is 5.73 Å². The lowest BCUT2D eigenvalue weighted by Crippen LogP contribution is -2.13. The van der Waals surface area contributed by atoms with Gasteiger partial charge in [0.25, 0.3) is 10.0 Å². The van der Waals surface area contributed by atoms with Crippen LogP contribution in [0.5, 0.6) is 0 Å². The predicted molar refractivity (Wildman–Crippen MR) is 82.8 cm³/mol. The first-order valence-corrected chi connectivity index (χ1v) is 7.97. The minimum atomic E-state index is -3.95. The predicted octanol–water partition coefficient (Wildman–Crippen LogP) is 3.82. The van der Waals surface area contributed by atoms with Gasteiger partial charge in [0.1, 0.15) is 5.82 Å². The molecule has 0 aromatic heterocycles. The van der Waals surface area contributed by atoms with Crippen LogP contribution in [-0.4, -0.2) is 8.42 Å². The van der Waals surface area contributed by atoms with Gasteiger partial charge in [0.05, 0.1) is 10.6 Å². The van der Waals surface area contributed by atoms with Crippen molar-refractivity contribution in [2.45, 2.75) is 11.8 Å². The van der Waals surface area contributed by atoms with Crippen LogP contribution in [0.1, 0.15) is 5.56 Å². The van der Waals surface area contributed by atoms with E-state index in [2.05, 4.69) is 4.72 Å². The molecule has 21 heavy (non-hydrogen) atoms. The minimum absolute atomic E-state index is 0.00951. The molecule has 0 bridgehead atoms. The zero-order valence-corrected chi connectivity index (χ0v) is 13.2. The Balaban J connectivity index is 2.43. The fourth-order valence-electron chi connectivity index (χ4n) is 1.66. The molecule has 0 radical (unpaired) electrons. The molecule has 112 valence electrons. The number of anilines is 2. The number of rotatable bonds is 3. The first-order valence-electron chi connectivity index (χ1n) is 5.73. The third-order valence-electron chi connectivity index (χ3n) is 2.78. The van der Waals surface area contributed by atoms with E-state index in [1.54, 1.807) is 6.92 Å². The summed E-state index contributed by atoms with van der Waals surface area (Å²) in [4.78, 5) is -0.115. The maximum Gasteiger partial charge on any atom is 0.262 e. The number of nitrogen functional groups attached to an aromatic ring is 1. The molecule has 4 nitrogen and oxygen atoms in total. The Labute approximate surface area is 131 Å². The van der Waals surface area contributed by atoms with Crippen molar-refractivity contribution in [3.05, 3.63) is 51.8 Å². The van der Waals surface area contributed by atoms with Gasteiger partial charge in [0.15, 0.2) is 0 Å². The molecule has 3 N–H and O–H groups in total. The maximum absolute atomic E-state index is 13.2. The van der Waals surface area contributed by atoms with Gasteiger partial charge in [0.2, 0.25) is 0 Å². The van der Waals surface area contributed by atoms with Crippen LogP contribution in [-0.2, 0) is 10.0 Å². The van der Waals surface area contributed by atoms with Crippen molar-refractivity contribution >= 4 is 44.6 Å². The first-order chi connectivity index (χ1) is 9.69. The molecule has 0 atom stereocenters. The second-order valence-electron chi connectivity index (χ2n) is 4.38. The van der Waals surface area contributed by atoms with Gasteiger partial charge in [-0.3, -0.25) is 4.72 Å². The standard InChI is InChI=1S/C13H11Cl2FN2O2S/c1-7-12(15)5-11(6-13(7)17)21(19,20)18-10-3-8(14)2-9(16)4-10/h2-6,18H,17H2,1H3. The van der Waals surface area contributed by atoms with Crippen LogP contribution in [0.2, 0.25) is 10.0 Å². The summed E-state index contributed by atoms with van der Waals surface area (Å²) in [5.74, 6) is -0.651. The summed E-state index contributed by atoms with van der Waals surface area (Å²) in [6, 6.07) is 5.94. The zero-order valence-electron chi connectivity index (χ0n) is 10.8. The number of hydrogen-bond donors (Lipinski definition) is 2.